The van der Waals surface area contributed by atoms with Gasteiger partial charge in [0.1, 0.15) is 23.0 Å². The van der Waals surface area contributed by atoms with Crippen molar-refractivity contribution in [2.75, 3.05) is 71.2 Å². The Bertz CT molecular complexity index is 2950. The highest BCUT2D eigenvalue weighted by Crippen LogP contribution is 2.67. The third-order valence-electron chi connectivity index (χ3n) is 18.3. The van der Waals surface area contributed by atoms with Crippen molar-refractivity contribution < 1.29 is 56.9 Å². The summed E-state index contributed by atoms with van der Waals surface area (Å²) in [4.78, 5) is 99.0. The van der Waals surface area contributed by atoms with Gasteiger partial charge in [-0.25, -0.2) is 4.39 Å². The van der Waals surface area contributed by atoms with E-state index in [0.29, 0.717) is 146 Å². The molecule has 4 heterocycles. The van der Waals surface area contributed by atoms with Gasteiger partial charge in [0.15, 0.2) is 6.61 Å². The van der Waals surface area contributed by atoms with Crippen molar-refractivity contribution in [1.29, 1.82) is 0 Å². The number of carbonyl (C=O) groups excluding carboxylic acids is 7. The summed E-state index contributed by atoms with van der Waals surface area (Å²) in [5.41, 5.74) is -0.942. The van der Waals surface area contributed by atoms with Crippen LogP contribution in [0, 0.1) is 11.2 Å². The second-order valence-electron chi connectivity index (χ2n) is 22.7. The smallest absolute Gasteiger partial charge is 0.266 e. The quantitative estimate of drug-likeness (QED) is 0.0468. The highest BCUT2D eigenvalue weighted by atomic mass is 35.5. The van der Waals surface area contributed by atoms with Crippen LogP contribution in [0.25, 0.3) is 0 Å². The summed E-state index contributed by atoms with van der Waals surface area (Å²) in [5, 5.41) is 15.6. The highest BCUT2D eigenvalue weighted by Gasteiger charge is 2.75. The summed E-state index contributed by atoms with van der Waals surface area (Å²) < 4.78 is 39.3. The number of carbonyl (C=O) groups is 7. The zero-order valence-electron chi connectivity index (χ0n) is 45.8. The zero-order valence-corrected chi connectivity index (χ0v) is 47.3. The molecule has 18 nitrogen and oxygen atoms in total. The lowest BCUT2D eigenvalue weighted by atomic mass is 9.55. The van der Waals surface area contributed by atoms with Gasteiger partial charge in [-0.2, -0.15) is 0 Å². The fraction of sp³-hybridized carbons (Fsp3) is 0.550. The Hall–Kier alpha value is -5.96. The van der Waals surface area contributed by atoms with E-state index in [-0.39, 0.29) is 58.2 Å². The maximum atomic E-state index is 16.7. The molecule has 21 heteroatoms. The van der Waals surface area contributed by atoms with E-state index in [0.717, 1.165) is 29.7 Å². The van der Waals surface area contributed by atoms with Crippen molar-refractivity contribution >= 4 is 70.2 Å². The minimum absolute atomic E-state index is 0.0241. The van der Waals surface area contributed by atoms with Gasteiger partial charge < -0.3 is 45.5 Å². The van der Waals surface area contributed by atoms with Crippen molar-refractivity contribution in [1.82, 2.24) is 31.1 Å². The van der Waals surface area contributed by atoms with Crippen LogP contribution in [0.15, 0.2) is 66.9 Å². The first-order valence-electron chi connectivity index (χ1n) is 28.6. The van der Waals surface area contributed by atoms with Crippen LogP contribution in [0.1, 0.15) is 141 Å². The number of likely N-dealkylation sites (N-methyl/N-ethyl adjacent to an activating group) is 1. The van der Waals surface area contributed by atoms with E-state index in [4.69, 9.17) is 42.1 Å². The molecule has 4 saturated carbocycles. The molecule has 3 aromatic rings. The van der Waals surface area contributed by atoms with E-state index in [2.05, 4.69) is 38.1 Å². The normalized spacial score (nSPS) is 26.4. The number of imide groups is 1. The molecule has 7 amide bonds. The van der Waals surface area contributed by atoms with Crippen LogP contribution in [0.4, 0.5) is 10.1 Å². The summed E-state index contributed by atoms with van der Waals surface area (Å²) in [5.74, 6) is -4.02. The number of rotatable bonds is 23. The number of piperidine rings is 1. The molecule has 0 aromatic heterocycles. The van der Waals surface area contributed by atoms with Gasteiger partial charge in [-0.05, 0) is 125 Å². The van der Waals surface area contributed by atoms with Crippen molar-refractivity contribution in [3.05, 3.63) is 105 Å². The zero-order chi connectivity index (χ0) is 57.1. The Kier molecular flexibility index (Phi) is 17.6. The number of likely N-dealkylation sites (tertiary alicyclic amines) is 1. The largest absolute Gasteiger partial charge is 0.483 e. The van der Waals surface area contributed by atoms with E-state index in [9.17, 15) is 24.0 Å². The Labute approximate surface area is 481 Å². The topological polar surface area (TPSA) is 223 Å². The first kappa shape index (κ1) is 58.2. The van der Waals surface area contributed by atoms with E-state index in [1.54, 1.807) is 30.3 Å². The minimum atomic E-state index is -1.31. The predicted octanol–water partition coefficient (Wildman–Crippen LogP) is 7.25. The van der Waals surface area contributed by atoms with Crippen LogP contribution in [0.2, 0.25) is 10.0 Å². The number of allylic oxidation sites excluding steroid dienone is 1. The van der Waals surface area contributed by atoms with Crippen molar-refractivity contribution in [3.63, 3.8) is 0 Å². The predicted molar refractivity (Wildman–Crippen MR) is 299 cm³/mol. The van der Waals surface area contributed by atoms with E-state index < -0.39 is 69.4 Å². The Morgan fingerprint density at radius 2 is 1.46 bits per heavy atom. The first-order chi connectivity index (χ1) is 39.1. The summed E-state index contributed by atoms with van der Waals surface area (Å²) in [6.07, 6.45) is 9.67. The van der Waals surface area contributed by atoms with Crippen LogP contribution in [-0.2, 0) is 43.6 Å². The van der Waals surface area contributed by atoms with Crippen LogP contribution in [0.5, 0.6) is 5.75 Å². The number of fused-ring (bicyclic) bond motifs is 7. The van der Waals surface area contributed by atoms with Gasteiger partial charge in [-0.3, -0.25) is 43.4 Å². The Morgan fingerprint density at radius 1 is 0.790 bits per heavy atom. The molecule has 2 bridgehead atoms. The summed E-state index contributed by atoms with van der Waals surface area (Å²) >= 11 is 13.0. The number of benzene rings is 3. The van der Waals surface area contributed by atoms with Gasteiger partial charge in [-0.15, -0.1) is 0 Å². The fourth-order valence-electron chi connectivity index (χ4n) is 14.5. The second-order valence-corrected chi connectivity index (χ2v) is 23.5. The lowest BCUT2D eigenvalue weighted by Crippen LogP contribution is -2.63. The van der Waals surface area contributed by atoms with Crippen molar-refractivity contribution in [2.24, 2.45) is 5.41 Å². The molecule has 2 spiro atoms. The molecular weight excluding hydrogens is 1080 g/mol. The fourth-order valence-corrected chi connectivity index (χ4v) is 14.8. The van der Waals surface area contributed by atoms with Gasteiger partial charge in [0, 0.05) is 65.1 Å². The lowest BCUT2D eigenvalue weighted by Gasteiger charge is -2.53. The van der Waals surface area contributed by atoms with Crippen molar-refractivity contribution in [3.8, 4) is 5.75 Å². The molecule has 5 N–H and O–H groups in total. The molecule has 4 atom stereocenters. The molecule has 4 aliphatic carbocycles. The average molecular weight is 1160 g/mol. The van der Waals surface area contributed by atoms with Gasteiger partial charge in [0.25, 0.3) is 17.7 Å². The van der Waals surface area contributed by atoms with Crippen LogP contribution in [-0.4, -0.2) is 140 Å². The maximum Gasteiger partial charge on any atom is 0.266 e. The van der Waals surface area contributed by atoms with Gasteiger partial charge in [0.05, 0.1) is 48.6 Å². The summed E-state index contributed by atoms with van der Waals surface area (Å²) in [6.45, 7) is 8.95. The lowest BCUT2D eigenvalue weighted by molar-refractivity contribution is -0.141. The number of halogens is 3. The van der Waals surface area contributed by atoms with Crippen LogP contribution in [0.3, 0.4) is 0 Å². The first-order valence-corrected chi connectivity index (χ1v) is 29.4. The molecule has 11 rings (SSSR count). The van der Waals surface area contributed by atoms with Gasteiger partial charge in [-0.1, -0.05) is 80.2 Å². The molecule has 0 radical (unpaired) electrons. The molecule has 434 valence electrons. The molecule has 81 heavy (non-hydrogen) atoms. The van der Waals surface area contributed by atoms with E-state index in [1.807, 2.05) is 13.0 Å². The number of hydrogen-bond donors (Lipinski definition) is 5. The number of nitrogens with zero attached hydrogens (tertiary/aromatic N) is 2. The standard InChI is InChI=1S/C60H72Cl2FN7O11/c1-3-69-50(48(40-12-7-13-42(62)49(40)63)60(59(69)19-5-4-6-20-59)41-17-16-38(61)35-43(41)67-56(60)77)52(73)68-58-24-21-57(22-25-58,23-26-58)55(76)65-28-10-30-79-32-34-80-33-31-78-29-9-27-64-46(71)36-81-45-14-8-11-39-47(45)54(75)70(53(39)74)44-18-15-37(2)66-51(44)72/h7-8,11-14,16-17,35,44,48,50H,2-6,9-10,15,18-34,36H2,1H3,(H,64,71)(H,65,76)(H,66,72)(H,67,77)(H,68,73)/t44?,48-,50+,57?,58?,60+/m0/s1. The number of anilines is 1. The van der Waals surface area contributed by atoms with Gasteiger partial charge >= 0.3 is 0 Å². The molecule has 8 aliphatic rings. The summed E-state index contributed by atoms with van der Waals surface area (Å²) in [7, 11) is 0. The third-order valence-corrected chi connectivity index (χ3v) is 18.8. The highest BCUT2D eigenvalue weighted by molar-refractivity contribution is 6.31. The molecular formula is C60H72Cl2FN7O11. The van der Waals surface area contributed by atoms with Crippen LogP contribution >= 0.6 is 23.2 Å². The number of hydrogen-bond acceptors (Lipinski definition) is 12. The number of nitrogens with one attached hydrogen (secondary N) is 5. The molecule has 4 aliphatic heterocycles. The SMILES string of the molecule is C=C1CCC(N2C(=O)c3cccc(OCC(=O)NCCCOCCOCCOCCCNC(=O)C45CCC(NC(=O)[C@H]6[C@H](c7cccc(Cl)c7F)[C@]7(C(=O)Nc8cc(Cl)ccc87)C7(CCCCC7)N6CC)(CC4)CC5)c3C2=O)C(=O)N1. The van der Waals surface area contributed by atoms with E-state index in [1.165, 1.54) is 18.2 Å². The minimum Gasteiger partial charge on any atom is -0.483 e. The third kappa shape index (κ3) is 10.9. The molecule has 2 saturated heterocycles. The Morgan fingerprint density at radius 3 is 2.14 bits per heavy atom. The monoisotopic (exact) mass is 1160 g/mol. The molecule has 6 fully saturated rings. The second kappa shape index (κ2) is 24.5. The van der Waals surface area contributed by atoms with Gasteiger partial charge in [0.2, 0.25) is 23.6 Å². The molecule has 3 aromatic carbocycles. The molecule has 1 unspecified atom stereocenters. The number of ether oxygens (including phenoxy) is 4. The average Bonchev–Trinajstić information content (AvgIpc) is 4.23. The van der Waals surface area contributed by atoms with Crippen LogP contribution < -0.4 is 31.3 Å². The number of amides is 7. The van der Waals surface area contributed by atoms with Crippen molar-refractivity contribution in [2.45, 2.75) is 138 Å². The van der Waals surface area contributed by atoms with E-state index >= 15 is 14.0 Å². The summed E-state index contributed by atoms with van der Waals surface area (Å²) in [6, 6.07) is 13.0. The Balaban J connectivity index is 0.617. The maximum absolute atomic E-state index is 16.7.